The van der Waals surface area contributed by atoms with E-state index in [-0.39, 0.29) is 24.0 Å². The first-order valence-corrected chi connectivity index (χ1v) is 12.7. The van der Waals surface area contributed by atoms with Crippen molar-refractivity contribution >= 4 is 29.9 Å². The summed E-state index contributed by atoms with van der Waals surface area (Å²) in [4.78, 5) is 10.1. The third-order valence-electron chi connectivity index (χ3n) is 6.75. The van der Waals surface area contributed by atoms with Crippen LogP contribution in [0.15, 0.2) is 29.3 Å². The molecule has 7 heteroatoms. The minimum Gasteiger partial charge on any atom is -0.385 e. The number of hydrogen-bond acceptors (Lipinski definition) is 4. The zero-order valence-corrected chi connectivity index (χ0v) is 23.3. The quantitative estimate of drug-likeness (QED) is 0.191. The molecule has 2 aliphatic heterocycles. The molecular weight excluding hydrogens is 527 g/mol. The number of guanidine groups is 1. The van der Waals surface area contributed by atoms with Crippen molar-refractivity contribution in [2.24, 2.45) is 4.99 Å². The van der Waals surface area contributed by atoms with Gasteiger partial charge < -0.3 is 19.7 Å². The van der Waals surface area contributed by atoms with Crippen molar-refractivity contribution in [2.45, 2.75) is 77.6 Å². The molecular formula is C26H45IN4O2. The van der Waals surface area contributed by atoms with Gasteiger partial charge in [-0.15, -0.1) is 24.0 Å². The van der Waals surface area contributed by atoms with E-state index in [0.717, 1.165) is 71.2 Å². The topological polar surface area (TPSA) is 49.3 Å². The Morgan fingerprint density at radius 3 is 2.52 bits per heavy atom. The first-order chi connectivity index (χ1) is 15.7. The molecule has 1 aromatic rings. The summed E-state index contributed by atoms with van der Waals surface area (Å²) in [6.07, 6.45) is 7.44. The number of aliphatic imine (C=N–C) groups is 1. The van der Waals surface area contributed by atoms with E-state index in [0.29, 0.717) is 12.1 Å². The van der Waals surface area contributed by atoms with Gasteiger partial charge in [0.25, 0.3) is 0 Å². The van der Waals surface area contributed by atoms with Crippen molar-refractivity contribution in [3.8, 4) is 0 Å². The molecule has 0 aromatic heterocycles. The average molecular weight is 573 g/mol. The van der Waals surface area contributed by atoms with Crippen molar-refractivity contribution in [1.29, 1.82) is 0 Å². The fourth-order valence-corrected chi connectivity index (χ4v) is 4.75. The molecule has 33 heavy (non-hydrogen) atoms. The van der Waals surface area contributed by atoms with Crippen molar-refractivity contribution in [2.75, 3.05) is 46.5 Å². The zero-order chi connectivity index (χ0) is 22.6. The smallest absolute Gasteiger partial charge is 0.194 e. The molecule has 188 valence electrons. The summed E-state index contributed by atoms with van der Waals surface area (Å²) in [5, 5.41) is 3.51. The molecule has 0 saturated carbocycles. The van der Waals surface area contributed by atoms with Gasteiger partial charge in [-0.05, 0) is 63.6 Å². The number of halogens is 1. The van der Waals surface area contributed by atoms with E-state index in [4.69, 9.17) is 14.5 Å². The molecule has 2 aliphatic rings. The number of nitrogens with zero attached hydrogens (tertiary/aromatic N) is 3. The molecule has 0 amide bonds. The van der Waals surface area contributed by atoms with Crippen LogP contribution in [0.3, 0.4) is 0 Å². The highest BCUT2D eigenvalue weighted by atomic mass is 127. The number of piperidine rings is 2. The predicted molar refractivity (Wildman–Crippen MR) is 147 cm³/mol. The van der Waals surface area contributed by atoms with Crippen molar-refractivity contribution in [3.63, 3.8) is 0 Å². The van der Waals surface area contributed by atoms with E-state index < -0.39 is 0 Å². The van der Waals surface area contributed by atoms with Gasteiger partial charge in [0.2, 0.25) is 0 Å². The van der Waals surface area contributed by atoms with Crippen molar-refractivity contribution < 1.29 is 9.47 Å². The number of likely N-dealkylation sites (tertiary alicyclic amines) is 2. The number of ether oxygens (including phenoxy) is 2. The maximum atomic E-state index is 6.03. The molecule has 0 aliphatic carbocycles. The van der Waals surface area contributed by atoms with Gasteiger partial charge in [-0.1, -0.05) is 30.7 Å². The highest BCUT2D eigenvalue weighted by molar-refractivity contribution is 14.0. The lowest BCUT2D eigenvalue weighted by Gasteiger charge is -2.34. The summed E-state index contributed by atoms with van der Waals surface area (Å²) in [5.41, 5.74) is 2.76. The number of nitrogens with one attached hydrogen (secondary N) is 1. The highest BCUT2D eigenvalue weighted by Gasteiger charge is 2.22. The summed E-state index contributed by atoms with van der Waals surface area (Å²) in [5.74, 6) is 1.03. The third kappa shape index (κ3) is 9.34. The van der Waals surface area contributed by atoms with E-state index in [2.05, 4.69) is 53.2 Å². The first kappa shape index (κ1) is 28.3. The Morgan fingerprint density at radius 2 is 1.82 bits per heavy atom. The molecule has 0 bridgehead atoms. The summed E-state index contributed by atoms with van der Waals surface area (Å²) in [6, 6.07) is 9.52. The van der Waals surface area contributed by atoms with Crippen LogP contribution < -0.4 is 5.32 Å². The molecule has 2 saturated heterocycles. The molecule has 2 fully saturated rings. The van der Waals surface area contributed by atoms with Crippen LogP contribution in [0, 0.1) is 0 Å². The standard InChI is InChI=1S/C26H44N4O2.HI/c1-4-27-26(29-16-13-25(14-17-29)32-19-9-18-31-3)28-20-23-11-5-6-12-24(23)21-30-15-8-7-10-22(30)2;/h5-6,11-12,22,25H,4,7-10,13-21H2,1-3H3,(H,27,28);1H. The van der Waals surface area contributed by atoms with Gasteiger partial charge in [0.05, 0.1) is 12.6 Å². The largest absolute Gasteiger partial charge is 0.385 e. The first-order valence-electron chi connectivity index (χ1n) is 12.7. The molecule has 1 aromatic carbocycles. The lowest BCUT2D eigenvalue weighted by atomic mass is 10.0. The van der Waals surface area contributed by atoms with Crippen LogP contribution in [-0.4, -0.2) is 74.4 Å². The van der Waals surface area contributed by atoms with E-state index in [1.807, 2.05) is 0 Å². The van der Waals surface area contributed by atoms with Crippen LogP contribution in [0.2, 0.25) is 0 Å². The Labute approximate surface area is 218 Å². The third-order valence-corrected chi connectivity index (χ3v) is 6.75. The number of rotatable bonds is 10. The summed E-state index contributed by atoms with van der Waals surface area (Å²) in [6.45, 7) is 11.9. The minimum absolute atomic E-state index is 0. The maximum absolute atomic E-state index is 6.03. The molecule has 1 unspecified atom stereocenters. The molecule has 3 rings (SSSR count). The summed E-state index contributed by atoms with van der Waals surface area (Å²) in [7, 11) is 1.74. The van der Waals surface area contributed by atoms with E-state index in [1.165, 1.54) is 36.9 Å². The van der Waals surface area contributed by atoms with Crippen LogP contribution >= 0.6 is 24.0 Å². The Morgan fingerprint density at radius 1 is 1.06 bits per heavy atom. The van der Waals surface area contributed by atoms with Gasteiger partial charge in [-0.25, -0.2) is 4.99 Å². The van der Waals surface area contributed by atoms with Gasteiger partial charge in [-0.3, -0.25) is 4.90 Å². The van der Waals surface area contributed by atoms with Crippen molar-refractivity contribution in [1.82, 2.24) is 15.1 Å². The van der Waals surface area contributed by atoms with Crippen molar-refractivity contribution in [3.05, 3.63) is 35.4 Å². The highest BCUT2D eigenvalue weighted by Crippen LogP contribution is 2.21. The Kier molecular flexibility index (Phi) is 13.7. The second-order valence-corrected chi connectivity index (χ2v) is 9.16. The fourth-order valence-electron chi connectivity index (χ4n) is 4.75. The summed E-state index contributed by atoms with van der Waals surface area (Å²) >= 11 is 0. The molecule has 0 spiro atoms. The normalized spacial score (nSPS) is 20.5. The van der Waals surface area contributed by atoms with Gasteiger partial charge in [-0.2, -0.15) is 0 Å². The monoisotopic (exact) mass is 572 g/mol. The van der Waals surface area contributed by atoms with Crippen LogP contribution in [0.1, 0.15) is 63.5 Å². The van der Waals surface area contributed by atoms with Crippen LogP contribution in [0.4, 0.5) is 0 Å². The van der Waals surface area contributed by atoms with Gasteiger partial charge in [0.15, 0.2) is 5.96 Å². The Balaban J connectivity index is 0.00000385. The molecule has 1 atom stereocenters. The number of hydrogen-bond donors (Lipinski definition) is 1. The zero-order valence-electron chi connectivity index (χ0n) is 20.9. The lowest BCUT2D eigenvalue weighted by Crippen LogP contribution is -2.47. The van der Waals surface area contributed by atoms with Crippen LogP contribution in [-0.2, 0) is 22.6 Å². The van der Waals surface area contributed by atoms with Gasteiger partial charge in [0.1, 0.15) is 0 Å². The molecule has 2 heterocycles. The Hall–Kier alpha value is -0.900. The van der Waals surface area contributed by atoms with Gasteiger partial charge in [0, 0.05) is 52.5 Å². The SMILES string of the molecule is CCNC(=NCc1ccccc1CN1CCCCC1C)N1CCC(OCCCOC)CC1.I. The molecule has 0 radical (unpaired) electrons. The average Bonchev–Trinajstić information content (AvgIpc) is 2.82. The number of methoxy groups -OCH3 is 1. The Bertz CT molecular complexity index is 695. The number of benzene rings is 1. The minimum atomic E-state index is 0. The van der Waals surface area contributed by atoms with Crippen LogP contribution in [0.5, 0.6) is 0 Å². The summed E-state index contributed by atoms with van der Waals surface area (Å²) < 4.78 is 11.1. The van der Waals surface area contributed by atoms with Crippen LogP contribution in [0.25, 0.3) is 0 Å². The van der Waals surface area contributed by atoms with Gasteiger partial charge >= 0.3 is 0 Å². The lowest BCUT2D eigenvalue weighted by molar-refractivity contribution is 0.00990. The fraction of sp³-hybridized carbons (Fsp3) is 0.731. The second kappa shape index (κ2) is 15.9. The predicted octanol–water partition coefficient (Wildman–Crippen LogP) is 4.66. The van der Waals surface area contributed by atoms with E-state index in [9.17, 15) is 0 Å². The van der Waals surface area contributed by atoms with E-state index in [1.54, 1.807) is 7.11 Å². The second-order valence-electron chi connectivity index (χ2n) is 9.16. The van der Waals surface area contributed by atoms with E-state index >= 15 is 0 Å². The maximum Gasteiger partial charge on any atom is 0.194 e. The molecule has 1 N–H and O–H groups in total. The molecule has 6 nitrogen and oxygen atoms in total.